The molecule has 0 aromatic carbocycles. The molecule has 0 bridgehead atoms. The topological polar surface area (TPSA) is 85.5 Å². The Morgan fingerprint density at radius 2 is 2.08 bits per heavy atom. The number of nitrogens with zero attached hydrogens (tertiary/aromatic N) is 2. The first-order valence-corrected chi connectivity index (χ1v) is 8.68. The quantitative estimate of drug-likeness (QED) is 0.872. The predicted molar refractivity (Wildman–Crippen MR) is 83.2 cm³/mol. The Labute approximate surface area is 145 Å². The number of primary amides is 1. The summed E-state index contributed by atoms with van der Waals surface area (Å²) in [4.78, 5) is 28.6. The van der Waals surface area contributed by atoms with Gasteiger partial charge in [-0.15, -0.1) is 11.3 Å². The number of nitrogens with two attached hydrogens (primary N) is 1. The molecule has 2 fully saturated rings. The molecule has 1 spiro atoms. The van der Waals surface area contributed by atoms with E-state index in [4.69, 9.17) is 22.1 Å². The highest BCUT2D eigenvalue weighted by Crippen LogP contribution is 2.39. The van der Waals surface area contributed by atoms with Gasteiger partial charge in [0.25, 0.3) is 12.3 Å². The van der Waals surface area contributed by atoms with Gasteiger partial charge in [-0.25, -0.2) is 13.8 Å². The Hall–Kier alpha value is -1.32. The van der Waals surface area contributed by atoms with Crippen LogP contribution in [0.15, 0.2) is 0 Å². The largest absolute Gasteiger partial charge is 0.374 e. The highest BCUT2D eigenvalue weighted by molar-refractivity contribution is 7.14. The maximum absolute atomic E-state index is 12.8. The van der Waals surface area contributed by atoms with Crippen molar-refractivity contribution >= 4 is 34.8 Å². The van der Waals surface area contributed by atoms with Crippen LogP contribution in [0, 0.1) is 5.92 Å². The Bertz CT molecular complexity index is 662. The van der Waals surface area contributed by atoms with E-state index in [2.05, 4.69) is 4.98 Å². The maximum atomic E-state index is 12.8. The Balaban J connectivity index is 1.64. The van der Waals surface area contributed by atoms with Crippen molar-refractivity contribution in [1.82, 2.24) is 9.88 Å². The van der Waals surface area contributed by atoms with Gasteiger partial charge in [-0.3, -0.25) is 9.59 Å². The minimum atomic E-state index is -2.75. The number of carbonyl (C=O) groups excluding carboxylic acids is 2. The lowest BCUT2D eigenvalue weighted by atomic mass is 9.85. The average molecular weight is 380 g/mol. The molecule has 2 aliphatic heterocycles. The van der Waals surface area contributed by atoms with Crippen LogP contribution in [0.3, 0.4) is 0 Å². The predicted octanol–water partition coefficient (Wildman–Crippen LogP) is 2.23. The summed E-state index contributed by atoms with van der Waals surface area (Å²) in [5.74, 6) is -1.07. The molecule has 132 valence electrons. The minimum Gasteiger partial charge on any atom is -0.374 e. The Morgan fingerprint density at radius 3 is 2.58 bits per heavy atom. The highest BCUT2D eigenvalue weighted by atomic mass is 35.5. The third-order valence-corrected chi connectivity index (χ3v) is 6.02. The first kappa shape index (κ1) is 17.5. The van der Waals surface area contributed by atoms with Gasteiger partial charge in [0, 0.05) is 13.1 Å². The van der Waals surface area contributed by atoms with E-state index < -0.39 is 22.8 Å². The second-order valence-corrected chi connectivity index (χ2v) is 7.45. The van der Waals surface area contributed by atoms with Crippen molar-refractivity contribution in [2.45, 2.75) is 31.3 Å². The third kappa shape index (κ3) is 3.25. The molecule has 1 unspecified atom stereocenters. The second-order valence-electron chi connectivity index (χ2n) is 6.06. The van der Waals surface area contributed by atoms with E-state index in [0.717, 1.165) is 0 Å². The zero-order valence-corrected chi connectivity index (χ0v) is 14.2. The van der Waals surface area contributed by atoms with E-state index in [0.29, 0.717) is 50.3 Å². The van der Waals surface area contributed by atoms with E-state index in [1.54, 1.807) is 4.90 Å². The summed E-state index contributed by atoms with van der Waals surface area (Å²) in [6, 6.07) is 0. The number of alkyl halides is 2. The second kappa shape index (κ2) is 6.53. The number of amides is 2. The molecule has 2 saturated heterocycles. The van der Waals surface area contributed by atoms with Crippen molar-refractivity contribution in [2.75, 3.05) is 19.7 Å². The van der Waals surface area contributed by atoms with E-state index in [-0.39, 0.29) is 22.0 Å². The van der Waals surface area contributed by atoms with Gasteiger partial charge in [0.1, 0.15) is 10.0 Å². The standard InChI is InChI=1S/C14H16ClF2N3O3S/c15-9-8(10(16)17)24-12(19-9)13(22)20-3-1-14(2-4-20)5-7(6-23-14)11(18)21/h7,10H,1-6H2,(H2,18,21). The Kier molecular flexibility index (Phi) is 4.76. The summed E-state index contributed by atoms with van der Waals surface area (Å²) in [7, 11) is 0. The number of hydrogen-bond acceptors (Lipinski definition) is 5. The van der Waals surface area contributed by atoms with Gasteiger partial charge in [0.05, 0.1) is 18.1 Å². The van der Waals surface area contributed by atoms with Crippen molar-refractivity contribution in [3.8, 4) is 0 Å². The van der Waals surface area contributed by atoms with Crippen LogP contribution in [0.5, 0.6) is 0 Å². The molecule has 0 aliphatic carbocycles. The molecular formula is C14H16ClF2N3O3S. The van der Waals surface area contributed by atoms with Gasteiger partial charge in [-0.2, -0.15) is 0 Å². The number of piperidine rings is 1. The molecule has 10 heteroatoms. The zero-order chi connectivity index (χ0) is 17.5. The summed E-state index contributed by atoms with van der Waals surface area (Å²) in [5, 5.41) is -0.358. The molecule has 1 atom stereocenters. The fourth-order valence-electron chi connectivity index (χ4n) is 3.17. The summed E-state index contributed by atoms with van der Waals surface area (Å²) < 4.78 is 31.3. The first-order valence-electron chi connectivity index (χ1n) is 7.48. The zero-order valence-electron chi connectivity index (χ0n) is 12.6. The van der Waals surface area contributed by atoms with Crippen molar-refractivity contribution in [3.05, 3.63) is 15.0 Å². The van der Waals surface area contributed by atoms with Crippen LogP contribution in [0.4, 0.5) is 8.78 Å². The van der Waals surface area contributed by atoms with Crippen LogP contribution < -0.4 is 5.73 Å². The van der Waals surface area contributed by atoms with Crippen molar-refractivity contribution in [1.29, 1.82) is 0 Å². The first-order chi connectivity index (χ1) is 11.3. The van der Waals surface area contributed by atoms with Crippen LogP contribution in [0.2, 0.25) is 5.15 Å². The van der Waals surface area contributed by atoms with E-state index >= 15 is 0 Å². The maximum Gasteiger partial charge on any atom is 0.282 e. The van der Waals surface area contributed by atoms with Gasteiger partial charge in [0.15, 0.2) is 5.01 Å². The van der Waals surface area contributed by atoms with Crippen molar-refractivity contribution < 1.29 is 23.1 Å². The minimum absolute atomic E-state index is 0.0337. The SMILES string of the molecule is NC(=O)C1COC2(CCN(C(=O)c3nc(Cl)c(C(F)F)s3)CC2)C1. The fourth-order valence-corrected chi connectivity index (χ4v) is 4.28. The number of hydrogen-bond donors (Lipinski definition) is 1. The molecule has 2 aliphatic rings. The number of rotatable bonds is 3. The lowest BCUT2D eigenvalue weighted by Gasteiger charge is -2.38. The number of ether oxygens (including phenoxy) is 1. The number of likely N-dealkylation sites (tertiary alicyclic amines) is 1. The van der Waals surface area contributed by atoms with Gasteiger partial charge >= 0.3 is 0 Å². The van der Waals surface area contributed by atoms with Crippen molar-refractivity contribution in [2.24, 2.45) is 11.7 Å². The normalized spacial score (nSPS) is 23.2. The van der Waals surface area contributed by atoms with Gasteiger partial charge in [0.2, 0.25) is 5.91 Å². The molecule has 3 rings (SSSR count). The molecule has 0 radical (unpaired) electrons. The highest BCUT2D eigenvalue weighted by Gasteiger charge is 2.45. The molecule has 3 heterocycles. The number of thiazole rings is 1. The van der Waals surface area contributed by atoms with E-state index in [1.165, 1.54) is 0 Å². The Morgan fingerprint density at radius 1 is 1.42 bits per heavy atom. The summed E-state index contributed by atoms with van der Waals surface area (Å²) in [5.41, 5.74) is 4.89. The van der Waals surface area contributed by atoms with Crippen LogP contribution in [0.25, 0.3) is 0 Å². The number of carbonyl (C=O) groups is 2. The fraction of sp³-hybridized carbons (Fsp3) is 0.643. The van der Waals surface area contributed by atoms with E-state index in [1.807, 2.05) is 0 Å². The van der Waals surface area contributed by atoms with E-state index in [9.17, 15) is 18.4 Å². The lowest BCUT2D eigenvalue weighted by molar-refractivity contribution is -0.121. The smallest absolute Gasteiger partial charge is 0.282 e. The summed E-state index contributed by atoms with van der Waals surface area (Å²) >= 11 is 6.27. The van der Waals surface area contributed by atoms with Gasteiger partial charge in [-0.05, 0) is 19.3 Å². The third-order valence-electron chi connectivity index (χ3n) is 4.56. The summed E-state index contributed by atoms with van der Waals surface area (Å²) in [6.45, 7) is 1.13. The molecular weight excluding hydrogens is 364 g/mol. The summed E-state index contributed by atoms with van der Waals surface area (Å²) in [6.07, 6.45) is -1.05. The number of aromatic nitrogens is 1. The van der Waals surface area contributed by atoms with Crippen LogP contribution >= 0.6 is 22.9 Å². The average Bonchev–Trinajstić information content (AvgIpc) is 3.12. The monoisotopic (exact) mass is 379 g/mol. The number of halogens is 3. The molecule has 6 nitrogen and oxygen atoms in total. The lowest BCUT2D eigenvalue weighted by Crippen LogP contribution is -2.46. The van der Waals surface area contributed by atoms with Gasteiger partial charge < -0.3 is 15.4 Å². The van der Waals surface area contributed by atoms with Gasteiger partial charge in [-0.1, -0.05) is 11.6 Å². The molecule has 1 aromatic heterocycles. The van der Waals surface area contributed by atoms with Crippen molar-refractivity contribution in [3.63, 3.8) is 0 Å². The molecule has 2 N–H and O–H groups in total. The van der Waals surface area contributed by atoms with Crippen LogP contribution in [-0.4, -0.2) is 47.0 Å². The molecule has 24 heavy (non-hydrogen) atoms. The van der Waals surface area contributed by atoms with Crippen LogP contribution in [-0.2, 0) is 9.53 Å². The molecule has 1 aromatic rings. The van der Waals surface area contributed by atoms with Crippen LogP contribution in [0.1, 0.15) is 40.4 Å². The molecule has 2 amide bonds. The molecule has 0 saturated carbocycles.